The Balaban J connectivity index is 2.05. The molecule has 0 saturated carbocycles. The highest BCUT2D eigenvalue weighted by atomic mass is 35.5. The third-order valence-electron chi connectivity index (χ3n) is 2.78. The Morgan fingerprint density at radius 2 is 2.00 bits per heavy atom. The van der Waals surface area contributed by atoms with Gasteiger partial charge in [0.25, 0.3) is 0 Å². The van der Waals surface area contributed by atoms with Crippen LogP contribution in [0.5, 0.6) is 0 Å². The third kappa shape index (κ3) is 3.55. The number of nitrogens with zero attached hydrogens (tertiary/aromatic N) is 1. The second-order valence-electron chi connectivity index (χ2n) is 4.30. The molecule has 0 aliphatic rings. The van der Waals surface area contributed by atoms with E-state index in [1.165, 1.54) is 17.8 Å². The molecule has 2 N–H and O–H groups in total. The highest BCUT2D eigenvalue weighted by Crippen LogP contribution is 2.28. The van der Waals surface area contributed by atoms with Crippen molar-refractivity contribution in [1.29, 1.82) is 0 Å². The molecule has 7 heteroatoms. The maximum Gasteiger partial charge on any atom is 0.412 e. The molecule has 2 rings (SSSR count). The largest absolute Gasteiger partial charge is 0.477 e. The number of hydrogen-bond acceptors (Lipinski definition) is 3. The molecular weight excluding hydrogens is 296 g/mol. The van der Waals surface area contributed by atoms with Crippen LogP contribution in [-0.2, 0) is 18.4 Å². The van der Waals surface area contributed by atoms with Crippen molar-refractivity contribution in [3.8, 4) is 0 Å². The number of carboxylic acids is 1. The van der Waals surface area contributed by atoms with Crippen LogP contribution in [-0.4, -0.2) is 21.7 Å². The van der Waals surface area contributed by atoms with Gasteiger partial charge in [-0.2, -0.15) is 0 Å². The smallest absolute Gasteiger partial charge is 0.412 e. The summed E-state index contributed by atoms with van der Waals surface area (Å²) in [5.74, 6) is -1.19. The summed E-state index contributed by atoms with van der Waals surface area (Å²) in [6, 6.07) is 9.13. The minimum absolute atomic E-state index is 0.0183. The number of aryl methyl sites for hydroxylation is 1. The number of halogens is 1. The van der Waals surface area contributed by atoms with Crippen molar-refractivity contribution in [1.82, 2.24) is 4.57 Å². The lowest BCUT2D eigenvalue weighted by molar-refractivity contribution is 0.0688. The Morgan fingerprint density at radius 1 is 1.33 bits per heavy atom. The van der Waals surface area contributed by atoms with Crippen molar-refractivity contribution in [2.24, 2.45) is 7.05 Å². The summed E-state index contributed by atoms with van der Waals surface area (Å²) in [6.45, 7) is 0.0829. The normalized spacial score (nSPS) is 10.2. The zero-order valence-corrected chi connectivity index (χ0v) is 11.9. The van der Waals surface area contributed by atoms with Crippen LogP contribution < -0.4 is 5.32 Å². The van der Waals surface area contributed by atoms with Crippen molar-refractivity contribution in [2.45, 2.75) is 6.61 Å². The van der Waals surface area contributed by atoms with E-state index >= 15 is 0 Å². The van der Waals surface area contributed by atoms with Gasteiger partial charge in [0, 0.05) is 13.2 Å². The molecule has 0 radical (unpaired) electrons. The number of ether oxygens (including phenoxy) is 1. The molecule has 0 unspecified atom stereocenters. The summed E-state index contributed by atoms with van der Waals surface area (Å²) in [5.41, 5.74) is 0.728. The van der Waals surface area contributed by atoms with E-state index in [1.807, 2.05) is 30.3 Å². The van der Waals surface area contributed by atoms with Gasteiger partial charge in [-0.05, 0) is 5.56 Å². The van der Waals surface area contributed by atoms with E-state index in [0.717, 1.165) is 5.56 Å². The number of nitrogens with one attached hydrogen (secondary N) is 1. The molecule has 0 spiro atoms. The molecule has 2 aromatic rings. The van der Waals surface area contributed by atoms with Crippen molar-refractivity contribution in [3.63, 3.8) is 0 Å². The number of aromatic nitrogens is 1. The summed E-state index contributed by atoms with van der Waals surface area (Å²) >= 11 is 5.90. The predicted octanol–water partition coefficient (Wildman–Crippen LogP) is 3.13. The van der Waals surface area contributed by atoms with Gasteiger partial charge < -0.3 is 14.4 Å². The maximum atomic E-state index is 11.7. The van der Waals surface area contributed by atoms with E-state index in [0.29, 0.717) is 0 Å². The van der Waals surface area contributed by atoms with Crippen LogP contribution >= 0.6 is 11.6 Å². The summed E-state index contributed by atoms with van der Waals surface area (Å²) in [5, 5.41) is 11.6. The van der Waals surface area contributed by atoms with E-state index < -0.39 is 12.1 Å². The van der Waals surface area contributed by atoms with Gasteiger partial charge in [-0.3, -0.25) is 5.32 Å². The first-order chi connectivity index (χ1) is 9.99. The molecule has 1 aromatic heterocycles. The molecular formula is C14H13ClN2O4. The fraction of sp³-hybridized carbons (Fsp3) is 0.143. The topological polar surface area (TPSA) is 80.6 Å². The zero-order chi connectivity index (χ0) is 15.4. The molecule has 0 bridgehead atoms. The Hall–Kier alpha value is -2.47. The second kappa shape index (κ2) is 6.32. The first-order valence-electron chi connectivity index (χ1n) is 6.05. The number of rotatable bonds is 4. The molecule has 1 heterocycles. The Bertz CT molecular complexity index is 667. The standard InChI is InChI=1S/C14H13ClN2O4/c1-17-7-10(15)11(12(17)13(18)19)16-14(20)21-8-9-5-3-2-4-6-9/h2-7H,8H2,1H3,(H,16,20)(H,18,19). The van der Waals surface area contributed by atoms with Crippen molar-refractivity contribution < 1.29 is 19.4 Å². The van der Waals surface area contributed by atoms with Crippen LogP contribution in [0.3, 0.4) is 0 Å². The number of carboxylic acid groups (broad SMARTS) is 1. The monoisotopic (exact) mass is 308 g/mol. The van der Waals surface area contributed by atoms with E-state index in [4.69, 9.17) is 21.4 Å². The van der Waals surface area contributed by atoms with E-state index in [1.54, 1.807) is 0 Å². The molecule has 1 amide bonds. The van der Waals surface area contributed by atoms with Crippen LogP contribution in [0.1, 0.15) is 16.1 Å². The molecule has 110 valence electrons. The minimum Gasteiger partial charge on any atom is -0.477 e. The number of anilines is 1. The highest BCUT2D eigenvalue weighted by Gasteiger charge is 2.21. The average Bonchev–Trinajstić information content (AvgIpc) is 2.72. The van der Waals surface area contributed by atoms with E-state index in [2.05, 4.69) is 5.32 Å². The quantitative estimate of drug-likeness (QED) is 0.909. The second-order valence-corrected chi connectivity index (χ2v) is 4.71. The van der Waals surface area contributed by atoms with Gasteiger partial charge in [-0.15, -0.1) is 0 Å². The summed E-state index contributed by atoms with van der Waals surface area (Å²) in [4.78, 5) is 22.9. The molecule has 6 nitrogen and oxygen atoms in total. The van der Waals surface area contributed by atoms with Gasteiger partial charge in [0.05, 0.1) is 10.7 Å². The van der Waals surface area contributed by atoms with Gasteiger partial charge in [0.15, 0.2) is 5.69 Å². The van der Waals surface area contributed by atoms with Crippen LogP contribution in [0.15, 0.2) is 36.5 Å². The number of carbonyl (C=O) groups excluding carboxylic acids is 1. The Morgan fingerprint density at radius 3 is 2.62 bits per heavy atom. The zero-order valence-electron chi connectivity index (χ0n) is 11.2. The number of benzene rings is 1. The molecule has 0 aliphatic heterocycles. The molecule has 0 fully saturated rings. The Kier molecular flexibility index (Phi) is 4.49. The lowest BCUT2D eigenvalue weighted by atomic mass is 10.2. The SMILES string of the molecule is Cn1cc(Cl)c(NC(=O)OCc2ccccc2)c1C(=O)O. The van der Waals surface area contributed by atoms with Gasteiger partial charge in [0.1, 0.15) is 6.61 Å². The van der Waals surface area contributed by atoms with Crippen LogP contribution in [0, 0.1) is 0 Å². The highest BCUT2D eigenvalue weighted by molar-refractivity contribution is 6.34. The molecule has 0 saturated heterocycles. The van der Waals surface area contributed by atoms with Gasteiger partial charge in [-0.1, -0.05) is 41.9 Å². The van der Waals surface area contributed by atoms with Crippen LogP contribution in [0.2, 0.25) is 5.02 Å². The molecule has 21 heavy (non-hydrogen) atoms. The minimum atomic E-state index is -1.19. The van der Waals surface area contributed by atoms with Gasteiger partial charge >= 0.3 is 12.1 Å². The number of aromatic carboxylic acids is 1. The van der Waals surface area contributed by atoms with Crippen LogP contribution in [0.4, 0.5) is 10.5 Å². The number of amides is 1. The first-order valence-corrected chi connectivity index (χ1v) is 6.42. The first kappa shape index (κ1) is 14.9. The van der Waals surface area contributed by atoms with Crippen molar-refractivity contribution in [2.75, 3.05) is 5.32 Å². The van der Waals surface area contributed by atoms with E-state index in [-0.39, 0.29) is 23.0 Å². The molecule has 0 atom stereocenters. The fourth-order valence-electron chi connectivity index (χ4n) is 1.83. The summed E-state index contributed by atoms with van der Waals surface area (Å²) in [6.07, 6.45) is 0.632. The Labute approximate surface area is 125 Å². The fourth-order valence-corrected chi connectivity index (χ4v) is 2.11. The van der Waals surface area contributed by atoms with E-state index in [9.17, 15) is 9.59 Å². The van der Waals surface area contributed by atoms with Crippen LogP contribution in [0.25, 0.3) is 0 Å². The number of hydrogen-bond donors (Lipinski definition) is 2. The maximum absolute atomic E-state index is 11.7. The predicted molar refractivity (Wildman–Crippen MR) is 77.6 cm³/mol. The lowest BCUT2D eigenvalue weighted by Gasteiger charge is -2.08. The number of carbonyl (C=O) groups is 2. The van der Waals surface area contributed by atoms with Gasteiger partial charge in [0.2, 0.25) is 0 Å². The molecule has 0 aliphatic carbocycles. The average molecular weight is 309 g/mol. The molecule has 1 aromatic carbocycles. The lowest BCUT2D eigenvalue weighted by Crippen LogP contribution is -2.16. The van der Waals surface area contributed by atoms with Gasteiger partial charge in [-0.25, -0.2) is 9.59 Å². The van der Waals surface area contributed by atoms with Crippen molar-refractivity contribution in [3.05, 3.63) is 52.8 Å². The third-order valence-corrected chi connectivity index (χ3v) is 3.06. The van der Waals surface area contributed by atoms with Crippen molar-refractivity contribution >= 4 is 29.4 Å². The summed E-state index contributed by atoms with van der Waals surface area (Å²) < 4.78 is 6.34. The summed E-state index contributed by atoms with van der Waals surface area (Å²) in [7, 11) is 1.52.